The van der Waals surface area contributed by atoms with Crippen molar-refractivity contribution in [3.8, 4) is 0 Å². The normalized spacial score (nSPS) is 13.7. The first-order valence-electron chi connectivity index (χ1n) is 5.81. The lowest BCUT2D eigenvalue weighted by molar-refractivity contribution is -0.147. The van der Waals surface area contributed by atoms with Gasteiger partial charge in [0.15, 0.2) is 5.54 Å². The molecule has 6 heteroatoms. The highest BCUT2D eigenvalue weighted by Crippen LogP contribution is 2.29. The summed E-state index contributed by atoms with van der Waals surface area (Å²) in [5.41, 5.74) is -1.15. The molecule has 1 rings (SSSR count). The number of nitrogens with one attached hydrogen (secondary N) is 1. The average molecular weight is 304 g/mol. The molecule has 0 heterocycles. The van der Waals surface area contributed by atoms with Crippen molar-refractivity contribution >= 4 is 35.1 Å². The van der Waals surface area contributed by atoms with Crippen LogP contribution in [0.15, 0.2) is 18.2 Å². The van der Waals surface area contributed by atoms with Gasteiger partial charge in [-0.3, -0.25) is 4.79 Å². The summed E-state index contributed by atoms with van der Waals surface area (Å²) in [7, 11) is 0. The van der Waals surface area contributed by atoms with Gasteiger partial charge in [-0.05, 0) is 31.0 Å². The first-order chi connectivity index (χ1) is 8.81. The monoisotopic (exact) mass is 303 g/mol. The lowest BCUT2D eigenvalue weighted by Gasteiger charge is -2.27. The Kier molecular flexibility index (Phi) is 5.20. The number of aliphatic carboxylic acids is 1. The minimum Gasteiger partial charge on any atom is -0.479 e. The van der Waals surface area contributed by atoms with Crippen molar-refractivity contribution in [3.63, 3.8) is 0 Å². The summed E-state index contributed by atoms with van der Waals surface area (Å²) in [5, 5.41) is 12.5. The predicted octanol–water partition coefficient (Wildman–Crippen LogP) is 3.21. The molecular weight excluding hydrogens is 289 g/mol. The van der Waals surface area contributed by atoms with Gasteiger partial charge in [-0.15, -0.1) is 0 Å². The van der Waals surface area contributed by atoms with E-state index < -0.39 is 11.5 Å². The molecule has 0 radical (unpaired) electrons. The Labute approximate surface area is 121 Å². The highest BCUT2D eigenvalue weighted by Gasteiger charge is 2.37. The van der Waals surface area contributed by atoms with Gasteiger partial charge in [0.2, 0.25) is 5.91 Å². The van der Waals surface area contributed by atoms with E-state index in [2.05, 4.69) is 5.32 Å². The lowest BCUT2D eigenvalue weighted by Crippen LogP contribution is -2.49. The van der Waals surface area contributed by atoms with Gasteiger partial charge in [-0.1, -0.05) is 36.2 Å². The van der Waals surface area contributed by atoms with Crippen LogP contribution in [-0.4, -0.2) is 17.0 Å². The van der Waals surface area contributed by atoms with Gasteiger partial charge >= 0.3 is 5.97 Å². The Morgan fingerprint density at radius 3 is 2.42 bits per heavy atom. The summed E-state index contributed by atoms with van der Waals surface area (Å²) in [6.07, 6.45) is 0.910. The average Bonchev–Trinajstić information content (AvgIpc) is 2.32. The highest BCUT2D eigenvalue weighted by molar-refractivity contribution is 6.42. The van der Waals surface area contributed by atoms with Crippen LogP contribution < -0.4 is 5.32 Å². The summed E-state index contributed by atoms with van der Waals surface area (Å²) < 4.78 is 0. The zero-order valence-corrected chi connectivity index (χ0v) is 12.2. The van der Waals surface area contributed by atoms with E-state index in [0.717, 1.165) is 0 Å². The van der Waals surface area contributed by atoms with Crippen LogP contribution in [0.25, 0.3) is 0 Å². The fraction of sp³-hybridized carbons (Fsp3) is 0.385. The topological polar surface area (TPSA) is 66.4 Å². The minimum atomic E-state index is -1.53. The fourth-order valence-electron chi connectivity index (χ4n) is 1.62. The van der Waals surface area contributed by atoms with E-state index in [0.29, 0.717) is 17.0 Å². The molecule has 1 amide bonds. The number of benzene rings is 1. The van der Waals surface area contributed by atoms with Gasteiger partial charge in [0.05, 0.1) is 10.0 Å². The molecule has 4 nitrogen and oxygen atoms in total. The maximum atomic E-state index is 11.7. The van der Waals surface area contributed by atoms with Gasteiger partial charge in [-0.25, -0.2) is 4.79 Å². The summed E-state index contributed by atoms with van der Waals surface area (Å²) in [5.74, 6) is -1.48. The number of hydrogen-bond donors (Lipinski definition) is 2. The Morgan fingerprint density at radius 2 is 1.95 bits per heavy atom. The molecule has 0 fully saturated rings. The van der Waals surface area contributed by atoms with Gasteiger partial charge in [0.25, 0.3) is 0 Å². The van der Waals surface area contributed by atoms with Gasteiger partial charge in [0, 0.05) is 6.42 Å². The zero-order valence-electron chi connectivity index (χ0n) is 10.7. The molecule has 104 valence electrons. The first-order valence-corrected chi connectivity index (χ1v) is 6.56. The van der Waals surface area contributed by atoms with Crippen molar-refractivity contribution in [2.75, 3.05) is 0 Å². The minimum absolute atomic E-state index is 0.247. The van der Waals surface area contributed by atoms with Gasteiger partial charge in [0.1, 0.15) is 0 Å². The van der Waals surface area contributed by atoms with E-state index in [1.165, 1.54) is 25.1 Å². The van der Waals surface area contributed by atoms with E-state index in [9.17, 15) is 14.7 Å². The molecule has 19 heavy (non-hydrogen) atoms. The molecule has 0 aliphatic heterocycles. The number of carboxylic acid groups (broad SMARTS) is 1. The van der Waals surface area contributed by atoms with Crippen molar-refractivity contribution in [1.29, 1.82) is 0 Å². The van der Waals surface area contributed by atoms with Crippen LogP contribution in [0.5, 0.6) is 0 Å². The molecule has 0 aromatic heterocycles. The smallest absolute Gasteiger partial charge is 0.333 e. The molecule has 1 aromatic rings. The number of carboxylic acids is 1. The van der Waals surface area contributed by atoms with Crippen LogP contribution in [0.2, 0.25) is 10.0 Å². The van der Waals surface area contributed by atoms with E-state index in [-0.39, 0.29) is 17.4 Å². The summed E-state index contributed by atoms with van der Waals surface area (Å²) in [6, 6.07) is 4.49. The molecule has 1 atom stereocenters. The second kappa shape index (κ2) is 6.26. The second-order valence-electron chi connectivity index (χ2n) is 4.36. The molecule has 1 unspecified atom stereocenters. The Morgan fingerprint density at radius 1 is 1.32 bits per heavy atom. The van der Waals surface area contributed by atoms with Crippen LogP contribution in [0.4, 0.5) is 0 Å². The van der Waals surface area contributed by atoms with Crippen LogP contribution in [0.1, 0.15) is 32.3 Å². The quantitative estimate of drug-likeness (QED) is 0.878. The van der Waals surface area contributed by atoms with E-state index in [1.54, 1.807) is 0 Å². The van der Waals surface area contributed by atoms with Crippen LogP contribution in [-0.2, 0) is 15.1 Å². The molecule has 0 aliphatic carbocycles. The molecule has 1 aromatic carbocycles. The third-order valence-electron chi connectivity index (χ3n) is 2.79. The highest BCUT2D eigenvalue weighted by atomic mass is 35.5. The summed E-state index contributed by atoms with van der Waals surface area (Å²) >= 11 is 11.7. The SMILES string of the molecule is CCCC(=O)NC(C)(C(=O)O)c1ccc(Cl)c(Cl)c1. The van der Waals surface area contributed by atoms with Crippen molar-refractivity contribution in [1.82, 2.24) is 5.32 Å². The van der Waals surface area contributed by atoms with Crippen molar-refractivity contribution in [2.24, 2.45) is 0 Å². The third-order valence-corrected chi connectivity index (χ3v) is 3.53. The molecular formula is C13H15Cl2NO3. The molecule has 2 N–H and O–H groups in total. The van der Waals surface area contributed by atoms with Crippen LogP contribution in [0.3, 0.4) is 0 Å². The van der Waals surface area contributed by atoms with E-state index >= 15 is 0 Å². The largest absolute Gasteiger partial charge is 0.479 e. The molecule has 0 saturated carbocycles. The number of amides is 1. The van der Waals surface area contributed by atoms with Crippen LogP contribution >= 0.6 is 23.2 Å². The number of carbonyl (C=O) groups is 2. The summed E-state index contributed by atoms with van der Waals surface area (Å²) in [4.78, 5) is 23.1. The lowest BCUT2D eigenvalue weighted by atomic mass is 9.92. The molecule has 0 aliphatic rings. The molecule has 0 saturated heterocycles. The van der Waals surface area contributed by atoms with E-state index in [1.807, 2.05) is 6.92 Å². The Bertz CT molecular complexity index is 505. The zero-order chi connectivity index (χ0) is 14.6. The molecule has 0 spiro atoms. The standard InChI is InChI=1S/C13H15Cl2NO3/c1-3-4-11(17)16-13(2,12(18)19)8-5-6-9(14)10(15)7-8/h5-7H,3-4H2,1-2H3,(H,16,17)(H,18,19). The van der Waals surface area contributed by atoms with E-state index in [4.69, 9.17) is 23.2 Å². The van der Waals surface area contributed by atoms with Crippen molar-refractivity contribution in [3.05, 3.63) is 33.8 Å². The number of hydrogen-bond acceptors (Lipinski definition) is 2. The first kappa shape index (κ1) is 15.8. The maximum absolute atomic E-state index is 11.7. The Balaban J connectivity index is 3.14. The predicted molar refractivity (Wildman–Crippen MR) is 74.5 cm³/mol. The Hall–Kier alpha value is -1.26. The van der Waals surface area contributed by atoms with Crippen molar-refractivity contribution < 1.29 is 14.7 Å². The fourth-order valence-corrected chi connectivity index (χ4v) is 1.92. The second-order valence-corrected chi connectivity index (χ2v) is 5.17. The number of rotatable bonds is 5. The molecule has 0 bridgehead atoms. The van der Waals surface area contributed by atoms with Gasteiger partial charge < -0.3 is 10.4 Å². The van der Waals surface area contributed by atoms with Gasteiger partial charge in [-0.2, -0.15) is 0 Å². The number of carbonyl (C=O) groups excluding carboxylic acids is 1. The van der Waals surface area contributed by atoms with Crippen molar-refractivity contribution in [2.45, 2.75) is 32.2 Å². The van der Waals surface area contributed by atoms with Crippen LogP contribution in [0, 0.1) is 0 Å². The summed E-state index contributed by atoms with van der Waals surface area (Å²) in [6.45, 7) is 3.26. The third kappa shape index (κ3) is 3.61. The maximum Gasteiger partial charge on any atom is 0.333 e. The number of halogens is 2.